The number of nitrogens with zero attached hydrogens (tertiary/aromatic N) is 1. The maximum atomic E-state index is 11.8. The molecule has 0 radical (unpaired) electrons. The molecule has 0 amide bonds. The molecule has 1 heterocycles. The van der Waals surface area contributed by atoms with Gasteiger partial charge >= 0.3 is 0 Å². The summed E-state index contributed by atoms with van der Waals surface area (Å²) in [6.45, 7) is 3.80. The molecule has 0 saturated heterocycles. The number of carbonyl (C=O) groups is 1. The van der Waals surface area contributed by atoms with Crippen LogP contribution in [-0.4, -0.2) is 16.8 Å². The normalized spacial score (nSPS) is 12.9. The van der Waals surface area contributed by atoms with Gasteiger partial charge in [-0.2, -0.15) is 0 Å². The van der Waals surface area contributed by atoms with Gasteiger partial charge in [-0.1, -0.05) is 13.8 Å². The van der Waals surface area contributed by atoms with Crippen molar-refractivity contribution in [3.8, 4) is 0 Å². The quantitative estimate of drug-likeness (QED) is 0.696. The van der Waals surface area contributed by atoms with Crippen molar-refractivity contribution in [1.82, 2.24) is 4.98 Å². The Morgan fingerprint density at radius 2 is 2.14 bits per heavy atom. The molecule has 0 spiro atoms. The van der Waals surface area contributed by atoms with E-state index in [9.17, 15) is 4.79 Å². The molecule has 1 aromatic rings. The topological polar surface area (TPSA) is 82.0 Å². The molecule has 4 heteroatoms. The van der Waals surface area contributed by atoms with E-state index in [-0.39, 0.29) is 11.7 Å². The molecule has 1 atom stereocenters. The van der Waals surface area contributed by atoms with Crippen molar-refractivity contribution in [2.24, 2.45) is 11.7 Å². The number of nitrogen functional groups attached to an aromatic ring is 1. The van der Waals surface area contributed by atoms with Gasteiger partial charge in [-0.3, -0.25) is 9.78 Å². The van der Waals surface area contributed by atoms with Crippen molar-refractivity contribution in [2.75, 3.05) is 5.73 Å². The number of aromatic nitrogens is 1. The summed E-state index contributed by atoms with van der Waals surface area (Å²) in [5.74, 6) is -0.0484. The number of hydrogen-bond donors (Lipinski definition) is 2. The van der Waals surface area contributed by atoms with Gasteiger partial charge in [-0.15, -0.1) is 0 Å². The Morgan fingerprint density at radius 3 is 2.64 bits per heavy atom. The monoisotopic (exact) mass is 193 g/mol. The van der Waals surface area contributed by atoms with E-state index in [0.29, 0.717) is 11.3 Å². The number of carbonyl (C=O) groups excluding carboxylic acids is 1. The van der Waals surface area contributed by atoms with Gasteiger partial charge in [0.2, 0.25) is 0 Å². The largest absolute Gasteiger partial charge is 0.398 e. The Bertz CT molecular complexity index is 336. The van der Waals surface area contributed by atoms with Gasteiger partial charge in [0.25, 0.3) is 0 Å². The Labute approximate surface area is 83.3 Å². The highest BCUT2D eigenvalue weighted by Crippen LogP contribution is 2.13. The predicted octanol–water partition coefficient (Wildman–Crippen LogP) is 0.830. The van der Waals surface area contributed by atoms with Crippen LogP contribution in [0.25, 0.3) is 0 Å². The van der Waals surface area contributed by atoms with Gasteiger partial charge in [0.15, 0.2) is 5.78 Å². The molecule has 0 saturated carbocycles. The van der Waals surface area contributed by atoms with Gasteiger partial charge in [0.1, 0.15) is 0 Å². The number of nitrogens with two attached hydrogens (primary N) is 2. The highest BCUT2D eigenvalue weighted by atomic mass is 16.1. The van der Waals surface area contributed by atoms with Crippen LogP contribution in [0.1, 0.15) is 24.2 Å². The van der Waals surface area contributed by atoms with Crippen molar-refractivity contribution >= 4 is 11.5 Å². The average molecular weight is 193 g/mol. The lowest BCUT2D eigenvalue weighted by Gasteiger charge is -2.14. The van der Waals surface area contributed by atoms with Crippen molar-refractivity contribution in [3.63, 3.8) is 0 Å². The zero-order chi connectivity index (χ0) is 10.7. The first-order chi connectivity index (χ1) is 6.54. The third-order valence-corrected chi connectivity index (χ3v) is 2.14. The van der Waals surface area contributed by atoms with Gasteiger partial charge in [-0.25, -0.2) is 0 Å². The fourth-order valence-electron chi connectivity index (χ4n) is 1.09. The maximum Gasteiger partial charge on any atom is 0.183 e. The lowest BCUT2D eigenvalue weighted by Crippen LogP contribution is -2.35. The van der Waals surface area contributed by atoms with Crippen LogP contribution < -0.4 is 11.5 Å². The summed E-state index contributed by atoms with van der Waals surface area (Å²) in [6.07, 6.45) is 3.01. The lowest BCUT2D eigenvalue weighted by atomic mass is 9.96. The molecule has 76 valence electrons. The molecule has 0 bridgehead atoms. The molecule has 1 unspecified atom stereocenters. The van der Waals surface area contributed by atoms with Gasteiger partial charge in [0, 0.05) is 18.1 Å². The molecule has 0 aromatic carbocycles. The molecule has 14 heavy (non-hydrogen) atoms. The molecule has 0 aliphatic rings. The van der Waals surface area contributed by atoms with Gasteiger partial charge in [-0.05, 0) is 12.0 Å². The van der Waals surface area contributed by atoms with Crippen molar-refractivity contribution in [2.45, 2.75) is 19.9 Å². The van der Waals surface area contributed by atoms with E-state index in [1.54, 1.807) is 12.3 Å². The number of hydrogen-bond acceptors (Lipinski definition) is 4. The van der Waals surface area contributed by atoms with Crippen LogP contribution in [0.4, 0.5) is 5.69 Å². The zero-order valence-electron chi connectivity index (χ0n) is 8.40. The van der Waals surface area contributed by atoms with Crippen LogP contribution in [-0.2, 0) is 0 Å². The van der Waals surface area contributed by atoms with Crippen LogP contribution in [0.2, 0.25) is 0 Å². The predicted molar refractivity (Wildman–Crippen MR) is 55.8 cm³/mol. The number of anilines is 1. The molecule has 1 aromatic heterocycles. The van der Waals surface area contributed by atoms with E-state index < -0.39 is 6.04 Å². The van der Waals surface area contributed by atoms with Crippen LogP contribution in [0.15, 0.2) is 18.5 Å². The highest BCUT2D eigenvalue weighted by molar-refractivity contribution is 6.03. The zero-order valence-corrected chi connectivity index (χ0v) is 8.40. The number of Topliss-reactive ketones (excluding diaryl/α,β-unsaturated/α-hetero) is 1. The minimum atomic E-state index is -0.513. The second kappa shape index (κ2) is 4.19. The van der Waals surface area contributed by atoms with E-state index in [2.05, 4.69) is 4.98 Å². The van der Waals surface area contributed by atoms with E-state index >= 15 is 0 Å². The van der Waals surface area contributed by atoms with E-state index in [1.807, 2.05) is 13.8 Å². The molecule has 0 aliphatic heterocycles. The molecule has 0 aliphatic carbocycles. The van der Waals surface area contributed by atoms with E-state index in [0.717, 1.165) is 0 Å². The maximum absolute atomic E-state index is 11.8. The van der Waals surface area contributed by atoms with E-state index in [1.165, 1.54) is 6.20 Å². The second-order valence-corrected chi connectivity index (χ2v) is 3.60. The molecular formula is C10H15N3O. The molecule has 4 nitrogen and oxygen atoms in total. The Kier molecular flexibility index (Phi) is 3.19. The SMILES string of the molecule is CC(C)C(N)C(=O)c1cnccc1N. The van der Waals surface area contributed by atoms with Crippen molar-refractivity contribution in [3.05, 3.63) is 24.0 Å². The summed E-state index contributed by atoms with van der Waals surface area (Å²) in [7, 11) is 0. The molecule has 0 fully saturated rings. The number of rotatable bonds is 3. The summed E-state index contributed by atoms with van der Waals surface area (Å²) >= 11 is 0. The van der Waals surface area contributed by atoms with Crippen LogP contribution >= 0.6 is 0 Å². The Morgan fingerprint density at radius 1 is 1.50 bits per heavy atom. The fourth-order valence-corrected chi connectivity index (χ4v) is 1.09. The summed E-state index contributed by atoms with van der Waals surface area (Å²) in [5.41, 5.74) is 12.2. The van der Waals surface area contributed by atoms with Gasteiger partial charge < -0.3 is 11.5 Å². The molecule has 4 N–H and O–H groups in total. The Balaban J connectivity index is 2.95. The molecular weight excluding hydrogens is 178 g/mol. The average Bonchev–Trinajstić information content (AvgIpc) is 2.16. The van der Waals surface area contributed by atoms with Gasteiger partial charge in [0.05, 0.1) is 11.6 Å². The fraction of sp³-hybridized carbons (Fsp3) is 0.400. The summed E-state index contributed by atoms with van der Waals surface area (Å²) in [5, 5.41) is 0. The first kappa shape index (κ1) is 10.7. The van der Waals surface area contributed by atoms with Crippen LogP contribution in [0.5, 0.6) is 0 Å². The lowest BCUT2D eigenvalue weighted by molar-refractivity contribution is 0.0941. The third-order valence-electron chi connectivity index (χ3n) is 2.14. The number of pyridine rings is 1. The van der Waals surface area contributed by atoms with Crippen molar-refractivity contribution < 1.29 is 4.79 Å². The smallest absolute Gasteiger partial charge is 0.183 e. The highest BCUT2D eigenvalue weighted by Gasteiger charge is 2.20. The van der Waals surface area contributed by atoms with E-state index in [4.69, 9.17) is 11.5 Å². The van der Waals surface area contributed by atoms with Crippen LogP contribution in [0.3, 0.4) is 0 Å². The summed E-state index contributed by atoms with van der Waals surface area (Å²) in [6, 6.07) is 1.08. The summed E-state index contributed by atoms with van der Waals surface area (Å²) in [4.78, 5) is 15.6. The minimum absolute atomic E-state index is 0.0992. The van der Waals surface area contributed by atoms with Crippen molar-refractivity contribution in [1.29, 1.82) is 0 Å². The van der Waals surface area contributed by atoms with Crippen LogP contribution in [0, 0.1) is 5.92 Å². The minimum Gasteiger partial charge on any atom is -0.398 e. The molecule has 1 rings (SSSR count). The number of ketones is 1. The standard InChI is InChI=1S/C10H15N3O/c1-6(2)9(12)10(14)7-5-13-4-3-8(7)11/h3-6,9H,12H2,1-2H3,(H2,11,13). The first-order valence-electron chi connectivity index (χ1n) is 4.53. The first-order valence-corrected chi connectivity index (χ1v) is 4.53. The second-order valence-electron chi connectivity index (χ2n) is 3.60. The summed E-state index contributed by atoms with van der Waals surface area (Å²) < 4.78 is 0. The Hall–Kier alpha value is -1.42. The third kappa shape index (κ3) is 2.09.